The monoisotopic (exact) mass is 333 g/mol. The van der Waals surface area contributed by atoms with Gasteiger partial charge in [0.1, 0.15) is 0 Å². The van der Waals surface area contributed by atoms with Crippen LogP contribution in [0.2, 0.25) is 0 Å². The lowest BCUT2D eigenvalue weighted by Gasteiger charge is -2.20. The zero-order valence-electron chi connectivity index (χ0n) is 15.1. The minimum absolute atomic E-state index is 0.0430. The molecule has 0 aliphatic heterocycles. The molecular weight excluding hydrogens is 310 g/mol. The first kappa shape index (κ1) is 17.2. The molecule has 0 fully saturated rings. The number of pyridine rings is 1. The third-order valence-corrected chi connectivity index (χ3v) is 4.56. The van der Waals surface area contributed by atoms with E-state index in [4.69, 9.17) is 4.98 Å². The summed E-state index contributed by atoms with van der Waals surface area (Å²) in [6, 6.07) is 15.7. The molecule has 0 unspecified atom stereocenters. The minimum atomic E-state index is -0.926. The second-order valence-corrected chi connectivity index (χ2v) is 7.39. The van der Waals surface area contributed by atoms with Crippen LogP contribution in [-0.4, -0.2) is 16.1 Å². The number of rotatable bonds is 3. The van der Waals surface area contributed by atoms with Gasteiger partial charge in [0.05, 0.1) is 16.8 Å². The van der Waals surface area contributed by atoms with Crippen LogP contribution in [0, 0.1) is 0 Å². The SMILES string of the molecule is CCc1ccc(-c2cc(C(=O)O)c3cc(C(C)(C)C)ccc3n2)cc1. The standard InChI is InChI=1S/C22H23NO2/c1-5-14-6-8-15(9-7-14)20-13-18(21(24)25)17-12-16(22(2,3)4)10-11-19(17)23-20/h6-13H,5H2,1-4H3,(H,24,25). The van der Waals surface area contributed by atoms with Crippen LogP contribution in [0.4, 0.5) is 0 Å². The normalized spacial score (nSPS) is 11.7. The number of carbonyl (C=O) groups is 1. The largest absolute Gasteiger partial charge is 0.478 e. The summed E-state index contributed by atoms with van der Waals surface area (Å²) in [6.07, 6.45) is 0.974. The predicted octanol–water partition coefficient (Wildman–Crippen LogP) is 5.46. The van der Waals surface area contributed by atoms with E-state index in [1.807, 2.05) is 30.3 Å². The van der Waals surface area contributed by atoms with Crippen molar-refractivity contribution in [3.05, 3.63) is 65.2 Å². The third-order valence-electron chi connectivity index (χ3n) is 4.56. The molecule has 1 aromatic heterocycles. The first-order valence-corrected chi connectivity index (χ1v) is 8.57. The number of fused-ring (bicyclic) bond motifs is 1. The van der Waals surface area contributed by atoms with Crippen molar-refractivity contribution in [2.24, 2.45) is 0 Å². The number of benzene rings is 2. The van der Waals surface area contributed by atoms with E-state index in [0.717, 1.165) is 17.5 Å². The number of aromatic carboxylic acids is 1. The molecule has 3 heteroatoms. The number of carboxylic acid groups (broad SMARTS) is 1. The van der Waals surface area contributed by atoms with Gasteiger partial charge in [0.15, 0.2) is 0 Å². The molecule has 2 aromatic carbocycles. The van der Waals surface area contributed by atoms with Crippen LogP contribution in [-0.2, 0) is 11.8 Å². The van der Waals surface area contributed by atoms with Crippen molar-refractivity contribution < 1.29 is 9.90 Å². The summed E-state index contributed by atoms with van der Waals surface area (Å²) in [4.78, 5) is 16.5. The van der Waals surface area contributed by atoms with E-state index in [-0.39, 0.29) is 5.41 Å². The van der Waals surface area contributed by atoms with Gasteiger partial charge in [0.25, 0.3) is 0 Å². The number of aromatic nitrogens is 1. The van der Waals surface area contributed by atoms with Gasteiger partial charge in [-0.15, -0.1) is 0 Å². The average molecular weight is 333 g/mol. The lowest BCUT2D eigenvalue weighted by atomic mass is 9.86. The molecule has 0 radical (unpaired) electrons. The molecule has 25 heavy (non-hydrogen) atoms. The van der Waals surface area contributed by atoms with Crippen molar-refractivity contribution >= 4 is 16.9 Å². The van der Waals surface area contributed by atoms with Crippen molar-refractivity contribution in [1.82, 2.24) is 4.98 Å². The molecule has 0 atom stereocenters. The van der Waals surface area contributed by atoms with Gasteiger partial charge >= 0.3 is 5.97 Å². The fourth-order valence-electron chi connectivity index (χ4n) is 2.93. The molecular formula is C22H23NO2. The van der Waals surface area contributed by atoms with Crippen LogP contribution in [0.3, 0.4) is 0 Å². The van der Waals surface area contributed by atoms with Gasteiger partial charge in [-0.3, -0.25) is 0 Å². The Kier molecular flexibility index (Phi) is 4.34. The molecule has 1 heterocycles. The smallest absolute Gasteiger partial charge is 0.336 e. The summed E-state index contributed by atoms with van der Waals surface area (Å²) in [5.41, 5.74) is 4.94. The van der Waals surface area contributed by atoms with E-state index in [1.165, 1.54) is 5.56 Å². The quantitative estimate of drug-likeness (QED) is 0.692. The Hall–Kier alpha value is -2.68. The molecule has 3 nitrogen and oxygen atoms in total. The highest BCUT2D eigenvalue weighted by atomic mass is 16.4. The van der Waals surface area contributed by atoms with Crippen molar-refractivity contribution in [1.29, 1.82) is 0 Å². The zero-order chi connectivity index (χ0) is 18.2. The van der Waals surface area contributed by atoms with E-state index >= 15 is 0 Å². The topological polar surface area (TPSA) is 50.2 Å². The first-order valence-electron chi connectivity index (χ1n) is 8.57. The average Bonchev–Trinajstić information content (AvgIpc) is 2.59. The van der Waals surface area contributed by atoms with Crippen LogP contribution < -0.4 is 0 Å². The maximum atomic E-state index is 11.8. The van der Waals surface area contributed by atoms with Crippen molar-refractivity contribution in [2.75, 3.05) is 0 Å². The van der Waals surface area contributed by atoms with E-state index in [0.29, 0.717) is 22.2 Å². The van der Waals surface area contributed by atoms with Crippen LogP contribution in [0.5, 0.6) is 0 Å². The second kappa shape index (κ2) is 6.32. The van der Waals surface area contributed by atoms with E-state index in [9.17, 15) is 9.90 Å². The summed E-state index contributed by atoms with van der Waals surface area (Å²) >= 11 is 0. The fraction of sp³-hybridized carbons (Fsp3) is 0.273. The van der Waals surface area contributed by atoms with Gasteiger partial charge in [-0.25, -0.2) is 9.78 Å². The number of nitrogens with zero attached hydrogens (tertiary/aromatic N) is 1. The highest BCUT2D eigenvalue weighted by molar-refractivity contribution is 6.04. The molecule has 3 aromatic rings. The molecule has 0 saturated heterocycles. The van der Waals surface area contributed by atoms with E-state index in [1.54, 1.807) is 6.07 Å². The van der Waals surface area contributed by atoms with Crippen molar-refractivity contribution in [3.63, 3.8) is 0 Å². The lowest BCUT2D eigenvalue weighted by Crippen LogP contribution is -2.11. The van der Waals surface area contributed by atoms with E-state index < -0.39 is 5.97 Å². The van der Waals surface area contributed by atoms with Gasteiger partial charge in [0.2, 0.25) is 0 Å². The van der Waals surface area contributed by atoms with Gasteiger partial charge in [0, 0.05) is 10.9 Å². The van der Waals surface area contributed by atoms with Crippen LogP contribution in [0.1, 0.15) is 49.2 Å². The molecule has 0 saturated carbocycles. The van der Waals surface area contributed by atoms with Crippen molar-refractivity contribution in [3.8, 4) is 11.3 Å². The summed E-state index contributed by atoms with van der Waals surface area (Å²) in [5, 5.41) is 10.4. The number of carboxylic acids is 1. The van der Waals surface area contributed by atoms with Crippen LogP contribution in [0.15, 0.2) is 48.5 Å². The molecule has 0 amide bonds. The fourth-order valence-corrected chi connectivity index (χ4v) is 2.93. The summed E-state index contributed by atoms with van der Waals surface area (Å²) in [6.45, 7) is 8.46. The minimum Gasteiger partial charge on any atom is -0.478 e. The third kappa shape index (κ3) is 3.41. The number of hydrogen-bond donors (Lipinski definition) is 1. The Bertz CT molecular complexity index is 935. The maximum Gasteiger partial charge on any atom is 0.336 e. The highest BCUT2D eigenvalue weighted by Gasteiger charge is 2.18. The predicted molar refractivity (Wildman–Crippen MR) is 102 cm³/mol. The summed E-state index contributed by atoms with van der Waals surface area (Å²) < 4.78 is 0. The Morgan fingerprint density at radius 1 is 1.04 bits per heavy atom. The molecule has 0 bridgehead atoms. The Morgan fingerprint density at radius 3 is 2.28 bits per heavy atom. The number of aryl methyl sites for hydroxylation is 1. The summed E-state index contributed by atoms with van der Waals surface area (Å²) in [5.74, 6) is -0.926. The highest BCUT2D eigenvalue weighted by Crippen LogP contribution is 2.30. The maximum absolute atomic E-state index is 11.8. The van der Waals surface area contributed by atoms with Crippen molar-refractivity contribution in [2.45, 2.75) is 39.5 Å². The van der Waals surface area contributed by atoms with Gasteiger partial charge in [-0.05, 0) is 41.2 Å². The Morgan fingerprint density at radius 2 is 1.72 bits per heavy atom. The molecule has 0 spiro atoms. The first-order chi connectivity index (χ1) is 11.8. The van der Waals surface area contributed by atoms with Gasteiger partial charge < -0.3 is 5.11 Å². The number of hydrogen-bond acceptors (Lipinski definition) is 2. The lowest BCUT2D eigenvalue weighted by molar-refractivity contribution is 0.0699. The second-order valence-electron chi connectivity index (χ2n) is 7.39. The van der Waals surface area contributed by atoms with Gasteiger partial charge in [-0.2, -0.15) is 0 Å². The molecule has 1 N–H and O–H groups in total. The molecule has 3 rings (SSSR count). The Labute approximate surface area is 148 Å². The van der Waals surface area contributed by atoms with Crippen LogP contribution in [0.25, 0.3) is 22.2 Å². The molecule has 0 aliphatic carbocycles. The summed E-state index contributed by atoms with van der Waals surface area (Å²) in [7, 11) is 0. The van der Waals surface area contributed by atoms with Crippen LogP contribution >= 0.6 is 0 Å². The van der Waals surface area contributed by atoms with Gasteiger partial charge in [-0.1, -0.05) is 58.0 Å². The van der Waals surface area contributed by atoms with E-state index in [2.05, 4.69) is 39.8 Å². The molecule has 128 valence electrons. The zero-order valence-corrected chi connectivity index (χ0v) is 15.1. The molecule has 0 aliphatic rings. The Balaban J connectivity index is 2.21.